The van der Waals surface area contributed by atoms with Gasteiger partial charge in [0.05, 0.1) is 6.54 Å². The zero-order chi connectivity index (χ0) is 15.4. The number of hydrogen-bond acceptors (Lipinski definition) is 3. The summed E-state index contributed by atoms with van der Waals surface area (Å²) in [5.41, 5.74) is 0. The normalized spacial score (nSPS) is 25.5. The molecular weight excluding hydrogens is 391 g/mol. The molecular formula is C15H29IN6. The Kier molecular flexibility index (Phi) is 7.58. The van der Waals surface area contributed by atoms with Gasteiger partial charge in [0.15, 0.2) is 11.8 Å². The molecule has 2 N–H and O–H groups in total. The standard InChI is InChI=1S/C15H28N6.HI/c1-10-6-11(2)8-13(7-10)18-15(16-4)17-9-14-20-19-12(3)21(14)5;/h10-11,13H,6-9H2,1-5H3,(H2,16,17,18);1H. The Morgan fingerprint density at radius 3 is 2.36 bits per heavy atom. The fourth-order valence-electron chi connectivity index (χ4n) is 3.22. The lowest BCUT2D eigenvalue weighted by molar-refractivity contribution is 0.255. The SMILES string of the molecule is CN=C(NCc1nnc(C)n1C)NC1CC(C)CC(C)C1.I. The van der Waals surface area contributed by atoms with Crippen molar-refractivity contribution in [3.8, 4) is 0 Å². The summed E-state index contributed by atoms with van der Waals surface area (Å²) in [5.74, 6) is 4.25. The van der Waals surface area contributed by atoms with Crippen molar-refractivity contribution in [3.05, 3.63) is 11.6 Å². The van der Waals surface area contributed by atoms with Crippen LogP contribution in [0.25, 0.3) is 0 Å². The van der Waals surface area contributed by atoms with Crippen molar-refractivity contribution in [2.75, 3.05) is 7.05 Å². The average Bonchev–Trinajstić information content (AvgIpc) is 2.74. The lowest BCUT2D eigenvalue weighted by Crippen LogP contribution is -2.46. The number of guanidine groups is 1. The summed E-state index contributed by atoms with van der Waals surface area (Å²) in [4.78, 5) is 4.32. The van der Waals surface area contributed by atoms with Gasteiger partial charge in [-0.15, -0.1) is 34.2 Å². The Labute approximate surface area is 150 Å². The molecule has 1 aliphatic carbocycles. The maximum absolute atomic E-state index is 4.32. The molecule has 126 valence electrons. The Morgan fingerprint density at radius 1 is 1.23 bits per heavy atom. The minimum atomic E-state index is 0. The molecule has 1 saturated carbocycles. The minimum Gasteiger partial charge on any atom is -0.354 e. The predicted octanol–water partition coefficient (Wildman–Crippen LogP) is 2.23. The number of aryl methyl sites for hydroxylation is 1. The number of rotatable bonds is 3. The molecule has 1 fully saturated rings. The van der Waals surface area contributed by atoms with E-state index in [1.165, 1.54) is 19.3 Å². The van der Waals surface area contributed by atoms with E-state index < -0.39 is 0 Å². The van der Waals surface area contributed by atoms with Crippen molar-refractivity contribution < 1.29 is 0 Å². The molecule has 0 aliphatic heterocycles. The van der Waals surface area contributed by atoms with Gasteiger partial charge >= 0.3 is 0 Å². The highest BCUT2D eigenvalue weighted by Crippen LogP contribution is 2.28. The van der Waals surface area contributed by atoms with E-state index in [0.717, 1.165) is 29.4 Å². The van der Waals surface area contributed by atoms with Gasteiger partial charge in [-0.1, -0.05) is 13.8 Å². The third kappa shape index (κ3) is 5.10. The average molecular weight is 420 g/mol. The predicted molar refractivity (Wildman–Crippen MR) is 100 cm³/mol. The zero-order valence-corrected chi connectivity index (χ0v) is 16.6. The number of aliphatic imine (C=N–C) groups is 1. The Balaban J connectivity index is 0.00000242. The number of aromatic nitrogens is 3. The fraction of sp³-hybridized carbons (Fsp3) is 0.800. The van der Waals surface area contributed by atoms with Crippen LogP contribution in [-0.4, -0.2) is 33.8 Å². The van der Waals surface area contributed by atoms with Crippen LogP contribution in [0.2, 0.25) is 0 Å². The van der Waals surface area contributed by atoms with Gasteiger partial charge < -0.3 is 15.2 Å². The van der Waals surface area contributed by atoms with E-state index in [9.17, 15) is 0 Å². The van der Waals surface area contributed by atoms with Gasteiger partial charge in [0.1, 0.15) is 5.82 Å². The summed E-state index contributed by atoms with van der Waals surface area (Å²) in [5, 5.41) is 15.1. The maximum Gasteiger partial charge on any atom is 0.191 e. The van der Waals surface area contributed by atoms with Crippen LogP contribution in [0.4, 0.5) is 0 Å². The molecule has 1 aromatic heterocycles. The molecule has 6 nitrogen and oxygen atoms in total. The number of nitrogens with one attached hydrogen (secondary N) is 2. The molecule has 0 radical (unpaired) electrons. The summed E-state index contributed by atoms with van der Waals surface area (Å²) in [6.07, 6.45) is 3.77. The minimum absolute atomic E-state index is 0. The second-order valence-electron chi connectivity index (χ2n) is 6.41. The lowest BCUT2D eigenvalue weighted by Gasteiger charge is -2.32. The molecule has 0 bridgehead atoms. The van der Waals surface area contributed by atoms with Crippen molar-refractivity contribution in [2.24, 2.45) is 23.9 Å². The molecule has 0 saturated heterocycles. The van der Waals surface area contributed by atoms with E-state index in [-0.39, 0.29) is 24.0 Å². The summed E-state index contributed by atoms with van der Waals surface area (Å²) in [6, 6.07) is 0.510. The van der Waals surface area contributed by atoms with Crippen LogP contribution >= 0.6 is 24.0 Å². The smallest absolute Gasteiger partial charge is 0.191 e. The van der Waals surface area contributed by atoms with Crippen LogP contribution in [0, 0.1) is 18.8 Å². The molecule has 1 heterocycles. The van der Waals surface area contributed by atoms with Crippen LogP contribution < -0.4 is 10.6 Å². The van der Waals surface area contributed by atoms with E-state index >= 15 is 0 Å². The van der Waals surface area contributed by atoms with Crippen LogP contribution in [-0.2, 0) is 13.6 Å². The largest absolute Gasteiger partial charge is 0.354 e. The van der Waals surface area contributed by atoms with Gasteiger partial charge in [-0.2, -0.15) is 0 Å². The first-order chi connectivity index (χ1) is 9.99. The van der Waals surface area contributed by atoms with Gasteiger partial charge in [-0.25, -0.2) is 0 Å². The van der Waals surface area contributed by atoms with Crippen LogP contribution in [0.5, 0.6) is 0 Å². The molecule has 2 atom stereocenters. The van der Waals surface area contributed by atoms with E-state index in [4.69, 9.17) is 0 Å². The molecule has 1 aromatic rings. The van der Waals surface area contributed by atoms with E-state index in [2.05, 4.69) is 39.7 Å². The molecule has 0 spiro atoms. The van der Waals surface area contributed by atoms with E-state index in [0.29, 0.717) is 12.6 Å². The summed E-state index contributed by atoms with van der Waals surface area (Å²) >= 11 is 0. The topological polar surface area (TPSA) is 67.1 Å². The Hall–Kier alpha value is -0.860. The van der Waals surface area contributed by atoms with Crippen molar-refractivity contribution in [2.45, 2.75) is 52.6 Å². The third-order valence-corrected chi connectivity index (χ3v) is 4.34. The summed E-state index contributed by atoms with van der Waals surface area (Å²) in [7, 11) is 3.79. The second-order valence-corrected chi connectivity index (χ2v) is 6.41. The Bertz CT molecular complexity index is 488. The van der Waals surface area contributed by atoms with Gasteiger partial charge in [0, 0.05) is 20.1 Å². The number of halogens is 1. The highest BCUT2D eigenvalue weighted by molar-refractivity contribution is 14.0. The van der Waals surface area contributed by atoms with Crippen molar-refractivity contribution in [3.63, 3.8) is 0 Å². The van der Waals surface area contributed by atoms with E-state index in [1.54, 1.807) is 0 Å². The molecule has 2 unspecified atom stereocenters. The number of hydrogen-bond donors (Lipinski definition) is 2. The molecule has 22 heavy (non-hydrogen) atoms. The summed E-state index contributed by atoms with van der Waals surface area (Å²) in [6.45, 7) is 7.26. The quantitative estimate of drug-likeness (QED) is 0.447. The van der Waals surface area contributed by atoms with Gasteiger partial charge in [-0.3, -0.25) is 4.99 Å². The van der Waals surface area contributed by atoms with Crippen molar-refractivity contribution in [1.82, 2.24) is 25.4 Å². The van der Waals surface area contributed by atoms with Gasteiger partial charge in [0.2, 0.25) is 0 Å². The lowest BCUT2D eigenvalue weighted by atomic mass is 9.80. The molecule has 0 amide bonds. The van der Waals surface area contributed by atoms with Crippen molar-refractivity contribution in [1.29, 1.82) is 0 Å². The van der Waals surface area contributed by atoms with Crippen LogP contribution in [0.1, 0.15) is 44.8 Å². The van der Waals surface area contributed by atoms with Crippen LogP contribution in [0.15, 0.2) is 4.99 Å². The van der Waals surface area contributed by atoms with Gasteiger partial charge in [-0.05, 0) is 38.0 Å². The highest BCUT2D eigenvalue weighted by Gasteiger charge is 2.24. The monoisotopic (exact) mass is 420 g/mol. The first-order valence-electron chi connectivity index (χ1n) is 7.81. The summed E-state index contributed by atoms with van der Waals surface area (Å²) < 4.78 is 1.99. The molecule has 2 rings (SSSR count). The van der Waals surface area contributed by atoms with E-state index in [1.807, 2.05) is 25.6 Å². The van der Waals surface area contributed by atoms with Crippen molar-refractivity contribution >= 4 is 29.9 Å². The number of nitrogens with zero attached hydrogens (tertiary/aromatic N) is 4. The molecule has 7 heteroatoms. The fourth-order valence-corrected chi connectivity index (χ4v) is 3.22. The van der Waals surface area contributed by atoms with Crippen LogP contribution in [0.3, 0.4) is 0 Å². The first-order valence-corrected chi connectivity index (χ1v) is 7.81. The first kappa shape index (κ1) is 19.2. The third-order valence-electron chi connectivity index (χ3n) is 4.34. The zero-order valence-electron chi connectivity index (χ0n) is 14.3. The van der Waals surface area contributed by atoms with Gasteiger partial charge in [0.25, 0.3) is 0 Å². The molecule has 0 aromatic carbocycles. The molecule has 1 aliphatic rings. The highest BCUT2D eigenvalue weighted by atomic mass is 127. The second kappa shape index (κ2) is 8.69. The Morgan fingerprint density at radius 2 is 1.86 bits per heavy atom. The maximum atomic E-state index is 4.32.